The summed E-state index contributed by atoms with van der Waals surface area (Å²) in [5, 5.41) is 0. The van der Waals surface area contributed by atoms with Gasteiger partial charge in [0.15, 0.2) is 5.60 Å². The molecule has 0 aliphatic carbocycles. The van der Waals surface area contributed by atoms with E-state index in [1.165, 1.54) is 17.4 Å². The molecule has 0 radical (unpaired) electrons. The van der Waals surface area contributed by atoms with Crippen LogP contribution in [0.5, 0.6) is 11.5 Å². The number of rotatable bonds is 8. The smallest absolute Gasteiger partial charge is 0.419 e. The van der Waals surface area contributed by atoms with Crippen molar-refractivity contribution in [1.82, 2.24) is 0 Å². The molecule has 0 bridgehead atoms. The summed E-state index contributed by atoms with van der Waals surface area (Å²) in [6.07, 6.45) is -5.11. The maximum Gasteiger partial charge on any atom is 0.419 e. The molecule has 1 atom stereocenters. The van der Waals surface area contributed by atoms with Crippen LogP contribution in [0.3, 0.4) is 0 Å². The van der Waals surface area contributed by atoms with Gasteiger partial charge in [0.1, 0.15) is 23.4 Å². The minimum atomic E-state index is -4.74. The third kappa shape index (κ3) is 6.19. The lowest BCUT2D eigenvalue weighted by Gasteiger charge is -2.25. The molecule has 0 fully saturated rings. The zero-order chi connectivity index (χ0) is 26.8. The first-order valence-corrected chi connectivity index (χ1v) is 12.2. The number of benzene rings is 2. The molecule has 1 unspecified atom stereocenters. The van der Waals surface area contributed by atoms with E-state index in [0.717, 1.165) is 28.1 Å². The number of ether oxygens (including phenoxy) is 3. The summed E-state index contributed by atoms with van der Waals surface area (Å²) in [5.41, 5.74) is -0.423. The van der Waals surface area contributed by atoms with E-state index >= 15 is 0 Å². The molecule has 9 heteroatoms. The lowest BCUT2D eigenvalue weighted by molar-refractivity contribution is -0.158. The first-order valence-electron chi connectivity index (χ1n) is 11.3. The van der Waals surface area contributed by atoms with Gasteiger partial charge >= 0.3 is 12.1 Å². The summed E-state index contributed by atoms with van der Waals surface area (Å²) < 4.78 is 69.8. The molecular weight excluding hydrogens is 496 g/mol. The number of hydrogen-bond acceptors (Lipinski definition) is 5. The fraction of sp³-hybridized carbons (Fsp3) is 0.370. The van der Waals surface area contributed by atoms with Crippen molar-refractivity contribution in [2.75, 3.05) is 6.61 Å². The zero-order valence-corrected chi connectivity index (χ0v) is 21.7. The highest BCUT2D eigenvalue weighted by Crippen LogP contribution is 2.39. The van der Waals surface area contributed by atoms with Crippen LogP contribution in [0.1, 0.15) is 55.4 Å². The number of thiophene rings is 1. The second kappa shape index (κ2) is 10.5. The largest absolute Gasteiger partial charge is 0.485 e. The Kier molecular flexibility index (Phi) is 8.03. The van der Waals surface area contributed by atoms with Crippen molar-refractivity contribution in [3.63, 3.8) is 0 Å². The molecule has 3 aromatic rings. The molecule has 1 heterocycles. The first kappa shape index (κ1) is 27.5. The SMILES string of the molecule is CCOC(=O)C(C)(C)Oc1ccc(OC(C)c2sc(-c3ccc(C(F)(F)F)c(F)c3)cc2C)cc1C. The fourth-order valence-electron chi connectivity index (χ4n) is 3.63. The van der Waals surface area contributed by atoms with Crippen LogP contribution < -0.4 is 9.47 Å². The number of halogens is 4. The Morgan fingerprint density at radius 1 is 1.03 bits per heavy atom. The highest BCUT2D eigenvalue weighted by atomic mass is 32.1. The van der Waals surface area contributed by atoms with Crippen LogP contribution in [0.25, 0.3) is 10.4 Å². The van der Waals surface area contributed by atoms with Gasteiger partial charge in [-0.05, 0) is 94.6 Å². The maximum atomic E-state index is 14.1. The zero-order valence-electron chi connectivity index (χ0n) is 20.9. The molecule has 0 N–H and O–H groups in total. The molecule has 4 nitrogen and oxygen atoms in total. The summed E-state index contributed by atoms with van der Waals surface area (Å²) >= 11 is 1.34. The van der Waals surface area contributed by atoms with Crippen molar-refractivity contribution in [2.45, 2.75) is 59.4 Å². The van der Waals surface area contributed by atoms with Gasteiger partial charge in [0, 0.05) is 9.75 Å². The number of hydrogen-bond donors (Lipinski definition) is 0. The third-order valence-electron chi connectivity index (χ3n) is 5.48. The lowest BCUT2D eigenvalue weighted by atomic mass is 10.1. The Bertz CT molecular complexity index is 1250. The molecule has 0 saturated heterocycles. The van der Waals surface area contributed by atoms with Gasteiger partial charge in [0.25, 0.3) is 0 Å². The molecule has 0 aliphatic heterocycles. The topological polar surface area (TPSA) is 44.8 Å². The van der Waals surface area contributed by atoms with E-state index in [0.29, 0.717) is 21.9 Å². The Balaban J connectivity index is 1.76. The second-order valence-electron chi connectivity index (χ2n) is 8.87. The molecule has 0 amide bonds. The third-order valence-corrected chi connectivity index (χ3v) is 6.92. The van der Waals surface area contributed by atoms with Gasteiger partial charge in [0.05, 0.1) is 12.2 Å². The molecule has 0 spiro atoms. The molecule has 194 valence electrons. The normalized spacial score (nSPS) is 12.8. The monoisotopic (exact) mass is 524 g/mol. The highest BCUT2D eigenvalue weighted by Gasteiger charge is 2.34. The standard InChI is InChI=1S/C27H28F4O4S/c1-7-33-25(32)26(5,6)35-22-11-9-19(12-15(22)2)34-17(4)24-16(3)13-23(36-24)18-8-10-20(21(28)14-18)27(29,30)31/h8-14,17H,7H2,1-6H3. The van der Waals surface area contributed by atoms with Crippen LogP contribution in [0.2, 0.25) is 0 Å². The predicted octanol–water partition coefficient (Wildman–Crippen LogP) is 8.05. The van der Waals surface area contributed by atoms with E-state index in [9.17, 15) is 22.4 Å². The maximum absolute atomic E-state index is 14.1. The summed E-state index contributed by atoms with van der Waals surface area (Å²) in [4.78, 5) is 13.6. The number of alkyl halides is 3. The van der Waals surface area contributed by atoms with Crippen molar-refractivity contribution in [2.24, 2.45) is 0 Å². The van der Waals surface area contributed by atoms with Gasteiger partial charge < -0.3 is 14.2 Å². The number of carbonyl (C=O) groups is 1. The molecule has 0 aliphatic rings. The Labute approximate surface area is 211 Å². The van der Waals surface area contributed by atoms with Gasteiger partial charge in [-0.15, -0.1) is 11.3 Å². The van der Waals surface area contributed by atoms with Crippen LogP contribution in [0.4, 0.5) is 17.6 Å². The Hall–Kier alpha value is -3.07. The Morgan fingerprint density at radius 2 is 1.72 bits per heavy atom. The van der Waals surface area contributed by atoms with Gasteiger partial charge in [-0.1, -0.05) is 6.07 Å². The molecule has 0 saturated carbocycles. The quantitative estimate of drug-likeness (QED) is 0.221. The van der Waals surface area contributed by atoms with E-state index in [4.69, 9.17) is 14.2 Å². The van der Waals surface area contributed by atoms with Gasteiger partial charge in [-0.2, -0.15) is 13.2 Å². The predicted molar refractivity (Wildman–Crippen MR) is 131 cm³/mol. The van der Waals surface area contributed by atoms with Crippen LogP contribution in [-0.2, 0) is 15.7 Å². The minimum Gasteiger partial charge on any atom is -0.485 e. The van der Waals surface area contributed by atoms with Crippen molar-refractivity contribution >= 4 is 17.3 Å². The number of esters is 1. The van der Waals surface area contributed by atoms with Gasteiger partial charge in [0.2, 0.25) is 0 Å². The summed E-state index contributed by atoms with van der Waals surface area (Å²) in [7, 11) is 0. The van der Waals surface area contributed by atoms with Crippen LogP contribution in [0, 0.1) is 19.7 Å². The van der Waals surface area contributed by atoms with Crippen LogP contribution >= 0.6 is 11.3 Å². The van der Waals surface area contributed by atoms with Crippen molar-refractivity contribution < 1.29 is 36.6 Å². The molecule has 2 aromatic carbocycles. The van der Waals surface area contributed by atoms with Crippen molar-refractivity contribution in [3.05, 3.63) is 69.8 Å². The van der Waals surface area contributed by atoms with E-state index < -0.39 is 29.1 Å². The van der Waals surface area contributed by atoms with Crippen LogP contribution in [0.15, 0.2) is 42.5 Å². The molecule has 3 rings (SSSR count). The second-order valence-corrected chi connectivity index (χ2v) is 9.95. The van der Waals surface area contributed by atoms with E-state index in [1.54, 1.807) is 39.0 Å². The van der Waals surface area contributed by atoms with Crippen LogP contribution in [-0.4, -0.2) is 18.2 Å². The Morgan fingerprint density at radius 3 is 2.31 bits per heavy atom. The average molecular weight is 525 g/mol. The highest BCUT2D eigenvalue weighted by molar-refractivity contribution is 7.15. The summed E-state index contributed by atoms with van der Waals surface area (Å²) in [5.74, 6) is -0.667. The fourth-order valence-corrected chi connectivity index (χ4v) is 4.78. The molecule has 1 aromatic heterocycles. The number of aryl methyl sites for hydroxylation is 2. The van der Waals surface area contributed by atoms with E-state index in [1.807, 2.05) is 26.8 Å². The van der Waals surface area contributed by atoms with Crippen molar-refractivity contribution in [3.8, 4) is 21.9 Å². The molecular formula is C27H28F4O4S. The van der Waals surface area contributed by atoms with Gasteiger partial charge in [-0.3, -0.25) is 0 Å². The average Bonchev–Trinajstić information content (AvgIpc) is 3.16. The first-order chi connectivity index (χ1) is 16.7. The molecule has 36 heavy (non-hydrogen) atoms. The number of carbonyl (C=O) groups excluding carboxylic acids is 1. The van der Waals surface area contributed by atoms with E-state index in [-0.39, 0.29) is 12.7 Å². The van der Waals surface area contributed by atoms with E-state index in [2.05, 4.69) is 0 Å². The lowest BCUT2D eigenvalue weighted by Crippen LogP contribution is -2.39. The van der Waals surface area contributed by atoms with Gasteiger partial charge in [-0.25, -0.2) is 9.18 Å². The van der Waals surface area contributed by atoms with Crippen molar-refractivity contribution in [1.29, 1.82) is 0 Å². The summed E-state index contributed by atoms with van der Waals surface area (Å²) in [6, 6.07) is 9.99. The summed E-state index contributed by atoms with van der Waals surface area (Å²) in [6.45, 7) is 10.8. The minimum absolute atomic E-state index is 0.257.